The predicted molar refractivity (Wildman–Crippen MR) is 112 cm³/mol. The van der Waals surface area contributed by atoms with Crippen LogP contribution in [0.3, 0.4) is 0 Å². The molecule has 3 aromatic heterocycles. The molecule has 29 heavy (non-hydrogen) atoms. The summed E-state index contributed by atoms with van der Waals surface area (Å²) in [4.78, 5) is 15.8. The molecule has 0 spiro atoms. The van der Waals surface area contributed by atoms with Crippen LogP contribution in [0.5, 0.6) is 0 Å². The maximum absolute atomic E-state index is 9.55. The minimum atomic E-state index is -0.166. The first kappa shape index (κ1) is 17.8. The summed E-state index contributed by atoms with van der Waals surface area (Å²) in [5.74, 6) is 0.790. The van der Waals surface area contributed by atoms with E-state index in [2.05, 4.69) is 45.1 Å². The van der Waals surface area contributed by atoms with Crippen LogP contribution in [0.4, 0.5) is 5.82 Å². The number of hydrogen-bond acceptors (Lipinski definition) is 6. The van der Waals surface area contributed by atoms with Crippen molar-refractivity contribution in [1.29, 1.82) is 0 Å². The minimum absolute atomic E-state index is 0.149. The van der Waals surface area contributed by atoms with Gasteiger partial charge in [-0.05, 0) is 30.2 Å². The number of pyridine rings is 1. The number of anilines is 1. The van der Waals surface area contributed by atoms with E-state index < -0.39 is 0 Å². The summed E-state index contributed by atoms with van der Waals surface area (Å²) in [6.45, 7) is 3.62. The highest BCUT2D eigenvalue weighted by Crippen LogP contribution is 2.29. The van der Waals surface area contributed by atoms with Crippen molar-refractivity contribution in [2.75, 3.05) is 18.1 Å². The number of aliphatic hydroxyl groups is 1. The Morgan fingerprint density at radius 1 is 1.14 bits per heavy atom. The minimum Gasteiger partial charge on any atom is -0.395 e. The lowest BCUT2D eigenvalue weighted by molar-refractivity contribution is 0.173. The number of hydrogen-bond donors (Lipinski definition) is 1. The SMILES string of the molecule is CC1(CO)C=CN(c2cnc3cnn(Cc4ccc5ncccc5c4)c3n2)CC1. The molecule has 1 aliphatic rings. The molecule has 1 aromatic carbocycles. The van der Waals surface area contributed by atoms with Crippen molar-refractivity contribution in [3.63, 3.8) is 0 Å². The van der Waals surface area contributed by atoms with Crippen molar-refractivity contribution in [3.05, 3.63) is 66.8 Å². The predicted octanol–water partition coefficient (Wildman–Crippen LogP) is 3.15. The van der Waals surface area contributed by atoms with Crippen LogP contribution < -0.4 is 4.90 Å². The quantitative estimate of drug-likeness (QED) is 0.580. The van der Waals surface area contributed by atoms with E-state index in [1.54, 1.807) is 18.6 Å². The summed E-state index contributed by atoms with van der Waals surface area (Å²) in [6, 6.07) is 10.2. The maximum atomic E-state index is 9.55. The second kappa shape index (κ2) is 6.93. The highest BCUT2D eigenvalue weighted by Gasteiger charge is 2.25. The van der Waals surface area contributed by atoms with Crippen LogP contribution in [0.1, 0.15) is 18.9 Å². The van der Waals surface area contributed by atoms with Crippen molar-refractivity contribution in [2.24, 2.45) is 5.41 Å². The molecule has 1 unspecified atom stereocenters. The van der Waals surface area contributed by atoms with Gasteiger partial charge in [-0.2, -0.15) is 5.10 Å². The van der Waals surface area contributed by atoms with E-state index in [1.807, 2.05) is 29.1 Å². The summed E-state index contributed by atoms with van der Waals surface area (Å²) in [6.07, 6.45) is 10.2. The number of rotatable bonds is 4. The van der Waals surface area contributed by atoms with Gasteiger partial charge in [0.1, 0.15) is 5.52 Å². The molecule has 4 heterocycles. The molecule has 1 atom stereocenters. The van der Waals surface area contributed by atoms with Gasteiger partial charge in [-0.1, -0.05) is 25.1 Å². The number of nitrogens with zero attached hydrogens (tertiary/aromatic N) is 6. The third-order valence-corrected chi connectivity index (χ3v) is 5.57. The zero-order valence-corrected chi connectivity index (χ0v) is 16.2. The molecule has 0 radical (unpaired) electrons. The summed E-state index contributed by atoms with van der Waals surface area (Å²) < 4.78 is 1.88. The largest absolute Gasteiger partial charge is 0.395 e. The van der Waals surface area contributed by atoms with Crippen LogP contribution in [-0.4, -0.2) is 43.0 Å². The fraction of sp³-hybridized carbons (Fsp3) is 0.273. The zero-order chi connectivity index (χ0) is 19.8. The van der Waals surface area contributed by atoms with Crippen molar-refractivity contribution in [1.82, 2.24) is 24.7 Å². The van der Waals surface area contributed by atoms with E-state index in [4.69, 9.17) is 4.98 Å². The average molecular weight is 386 g/mol. The number of aliphatic hydroxyl groups excluding tert-OH is 1. The van der Waals surface area contributed by atoms with Gasteiger partial charge in [0, 0.05) is 29.7 Å². The van der Waals surface area contributed by atoms with Gasteiger partial charge in [0.2, 0.25) is 0 Å². The maximum Gasteiger partial charge on any atom is 0.179 e. The molecule has 0 amide bonds. The van der Waals surface area contributed by atoms with Crippen molar-refractivity contribution in [2.45, 2.75) is 19.9 Å². The number of fused-ring (bicyclic) bond motifs is 2. The average Bonchev–Trinajstić information content (AvgIpc) is 3.16. The lowest BCUT2D eigenvalue weighted by Gasteiger charge is -2.32. The molecular weight excluding hydrogens is 364 g/mol. The Bertz CT molecular complexity index is 1220. The molecule has 146 valence electrons. The Hall–Kier alpha value is -3.32. The Labute approximate surface area is 168 Å². The van der Waals surface area contributed by atoms with Crippen LogP contribution in [0.15, 0.2) is 61.2 Å². The van der Waals surface area contributed by atoms with Gasteiger partial charge in [0.05, 0.1) is 31.1 Å². The van der Waals surface area contributed by atoms with E-state index in [0.29, 0.717) is 6.54 Å². The second-order valence-corrected chi connectivity index (χ2v) is 7.84. The molecule has 4 aromatic rings. The standard InChI is InChI=1S/C22H22N6O/c1-22(15-29)6-9-27(10-7-22)20-13-24-19-12-25-28(21(19)26-20)14-16-4-5-18-17(11-16)3-2-8-23-18/h2-6,8-9,11-13,29H,7,10,14-15H2,1H3. The molecule has 5 rings (SSSR count). The normalized spacial score (nSPS) is 19.3. The summed E-state index contributed by atoms with van der Waals surface area (Å²) in [5, 5.41) is 15.2. The van der Waals surface area contributed by atoms with Gasteiger partial charge in [-0.15, -0.1) is 0 Å². The van der Waals surface area contributed by atoms with E-state index in [0.717, 1.165) is 46.4 Å². The van der Waals surface area contributed by atoms with Crippen LogP contribution >= 0.6 is 0 Å². The van der Waals surface area contributed by atoms with Crippen LogP contribution in [0.25, 0.3) is 22.1 Å². The first-order chi connectivity index (χ1) is 14.1. The molecular formula is C22H22N6O. The van der Waals surface area contributed by atoms with E-state index in [1.165, 1.54) is 0 Å². The molecule has 1 aliphatic heterocycles. The lowest BCUT2D eigenvalue weighted by atomic mass is 9.86. The summed E-state index contributed by atoms with van der Waals surface area (Å²) in [7, 11) is 0. The Morgan fingerprint density at radius 3 is 2.90 bits per heavy atom. The van der Waals surface area contributed by atoms with Gasteiger partial charge < -0.3 is 10.0 Å². The first-order valence-corrected chi connectivity index (χ1v) is 9.73. The molecule has 0 bridgehead atoms. The third-order valence-electron chi connectivity index (χ3n) is 5.57. The van der Waals surface area contributed by atoms with Gasteiger partial charge in [-0.25, -0.2) is 14.6 Å². The van der Waals surface area contributed by atoms with E-state index in [9.17, 15) is 5.11 Å². The topological polar surface area (TPSA) is 80.0 Å². The van der Waals surface area contributed by atoms with Gasteiger partial charge in [-0.3, -0.25) is 4.98 Å². The van der Waals surface area contributed by atoms with Crippen LogP contribution in [-0.2, 0) is 6.54 Å². The monoisotopic (exact) mass is 386 g/mol. The molecule has 0 saturated carbocycles. The first-order valence-electron chi connectivity index (χ1n) is 9.73. The lowest BCUT2D eigenvalue weighted by Crippen LogP contribution is -2.32. The number of benzene rings is 1. The van der Waals surface area contributed by atoms with Crippen molar-refractivity contribution < 1.29 is 5.11 Å². The van der Waals surface area contributed by atoms with Crippen molar-refractivity contribution in [3.8, 4) is 0 Å². The molecule has 0 aliphatic carbocycles. The smallest absolute Gasteiger partial charge is 0.179 e. The number of aromatic nitrogens is 5. The van der Waals surface area contributed by atoms with Crippen LogP contribution in [0.2, 0.25) is 0 Å². The Kier molecular flexibility index (Phi) is 4.24. The fourth-order valence-corrected chi connectivity index (χ4v) is 3.62. The summed E-state index contributed by atoms with van der Waals surface area (Å²) in [5.41, 5.74) is 3.49. The van der Waals surface area contributed by atoms with Crippen LogP contribution in [0, 0.1) is 5.41 Å². The zero-order valence-electron chi connectivity index (χ0n) is 16.2. The molecule has 0 fully saturated rings. The Morgan fingerprint density at radius 2 is 2.07 bits per heavy atom. The fourth-order valence-electron chi connectivity index (χ4n) is 3.62. The molecule has 0 saturated heterocycles. The van der Waals surface area contributed by atoms with Gasteiger partial charge in [0.15, 0.2) is 11.5 Å². The molecule has 1 N–H and O–H groups in total. The summed E-state index contributed by atoms with van der Waals surface area (Å²) >= 11 is 0. The highest BCUT2D eigenvalue weighted by molar-refractivity contribution is 5.79. The van der Waals surface area contributed by atoms with Crippen molar-refractivity contribution >= 4 is 27.9 Å². The Balaban J connectivity index is 1.46. The van der Waals surface area contributed by atoms with E-state index >= 15 is 0 Å². The third kappa shape index (κ3) is 3.34. The molecule has 7 nitrogen and oxygen atoms in total. The highest BCUT2D eigenvalue weighted by atomic mass is 16.3. The second-order valence-electron chi connectivity index (χ2n) is 7.84. The van der Waals surface area contributed by atoms with E-state index in [-0.39, 0.29) is 12.0 Å². The van der Waals surface area contributed by atoms with Gasteiger partial charge in [0.25, 0.3) is 0 Å². The van der Waals surface area contributed by atoms with Gasteiger partial charge >= 0.3 is 0 Å². The molecule has 7 heteroatoms.